The van der Waals surface area contributed by atoms with Gasteiger partial charge in [0.25, 0.3) is 11.8 Å². The molecular formula is C20H14F2N2O2. The highest BCUT2D eigenvalue weighted by molar-refractivity contribution is 6.07. The summed E-state index contributed by atoms with van der Waals surface area (Å²) >= 11 is 0. The third-order valence-corrected chi connectivity index (χ3v) is 3.60. The van der Waals surface area contributed by atoms with Crippen LogP contribution >= 0.6 is 0 Å². The molecule has 3 rings (SSSR count). The second-order valence-electron chi connectivity index (χ2n) is 5.48. The van der Waals surface area contributed by atoms with E-state index in [1.807, 2.05) is 0 Å². The van der Waals surface area contributed by atoms with Crippen molar-refractivity contribution in [2.24, 2.45) is 0 Å². The SMILES string of the molecule is O=C(Nc1cccc(C(=O)Nc2ccc(F)c(F)c2)c1)c1ccccc1. The third-order valence-electron chi connectivity index (χ3n) is 3.60. The van der Waals surface area contributed by atoms with Crippen LogP contribution in [0.2, 0.25) is 0 Å². The summed E-state index contributed by atoms with van der Waals surface area (Å²) in [6.07, 6.45) is 0. The lowest BCUT2D eigenvalue weighted by molar-refractivity contribution is 0.101. The van der Waals surface area contributed by atoms with E-state index in [9.17, 15) is 18.4 Å². The van der Waals surface area contributed by atoms with Gasteiger partial charge in [-0.3, -0.25) is 9.59 Å². The summed E-state index contributed by atoms with van der Waals surface area (Å²) < 4.78 is 26.2. The molecule has 0 unspecified atom stereocenters. The van der Waals surface area contributed by atoms with E-state index < -0.39 is 17.5 Å². The number of carbonyl (C=O) groups excluding carboxylic acids is 2. The van der Waals surface area contributed by atoms with E-state index in [1.165, 1.54) is 12.1 Å². The maximum absolute atomic E-state index is 13.2. The number of hydrogen-bond donors (Lipinski definition) is 2. The number of benzene rings is 3. The van der Waals surface area contributed by atoms with Gasteiger partial charge in [0.1, 0.15) is 0 Å². The molecule has 3 aromatic carbocycles. The minimum atomic E-state index is -1.05. The number of halogens is 2. The van der Waals surface area contributed by atoms with Gasteiger partial charge in [-0.05, 0) is 42.5 Å². The highest BCUT2D eigenvalue weighted by Gasteiger charge is 2.11. The van der Waals surface area contributed by atoms with Gasteiger partial charge in [0, 0.05) is 28.6 Å². The summed E-state index contributed by atoms with van der Waals surface area (Å²) in [4.78, 5) is 24.4. The summed E-state index contributed by atoms with van der Waals surface area (Å²) in [7, 11) is 0. The van der Waals surface area contributed by atoms with Gasteiger partial charge in [0.2, 0.25) is 0 Å². The van der Waals surface area contributed by atoms with Crippen molar-refractivity contribution in [3.63, 3.8) is 0 Å². The Morgan fingerprint density at radius 3 is 1.92 bits per heavy atom. The number of amides is 2. The number of carbonyl (C=O) groups is 2. The Labute approximate surface area is 148 Å². The van der Waals surface area contributed by atoms with Gasteiger partial charge in [-0.25, -0.2) is 8.78 Å². The molecule has 4 nitrogen and oxygen atoms in total. The van der Waals surface area contributed by atoms with Crippen molar-refractivity contribution in [2.45, 2.75) is 0 Å². The second kappa shape index (κ2) is 7.57. The van der Waals surface area contributed by atoms with Crippen molar-refractivity contribution in [1.29, 1.82) is 0 Å². The van der Waals surface area contributed by atoms with Crippen LogP contribution in [-0.4, -0.2) is 11.8 Å². The summed E-state index contributed by atoms with van der Waals surface area (Å²) in [5.41, 5.74) is 1.33. The van der Waals surface area contributed by atoms with E-state index in [0.29, 0.717) is 11.3 Å². The van der Waals surface area contributed by atoms with E-state index >= 15 is 0 Å². The Kier molecular flexibility index (Phi) is 5.03. The van der Waals surface area contributed by atoms with Gasteiger partial charge >= 0.3 is 0 Å². The first-order valence-corrected chi connectivity index (χ1v) is 7.76. The molecule has 0 aliphatic rings. The molecule has 26 heavy (non-hydrogen) atoms. The van der Waals surface area contributed by atoms with Crippen LogP contribution in [0.4, 0.5) is 20.2 Å². The van der Waals surface area contributed by atoms with Crippen LogP contribution in [0.5, 0.6) is 0 Å². The Hall–Kier alpha value is -3.54. The van der Waals surface area contributed by atoms with Crippen LogP contribution in [0, 0.1) is 11.6 Å². The number of hydrogen-bond acceptors (Lipinski definition) is 2. The molecular weight excluding hydrogens is 338 g/mol. The minimum absolute atomic E-state index is 0.132. The fourth-order valence-corrected chi connectivity index (χ4v) is 2.31. The molecule has 130 valence electrons. The fraction of sp³-hybridized carbons (Fsp3) is 0. The summed E-state index contributed by atoms with van der Waals surface area (Å²) in [5.74, 6) is -2.85. The Morgan fingerprint density at radius 2 is 1.23 bits per heavy atom. The molecule has 0 atom stereocenters. The van der Waals surface area contributed by atoms with Crippen LogP contribution in [0.15, 0.2) is 72.8 Å². The molecule has 3 aromatic rings. The molecule has 0 saturated carbocycles. The first-order valence-electron chi connectivity index (χ1n) is 7.76. The molecule has 0 saturated heterocycles. The zero-order valence-electron chi connectivity index (χ0n) is 13.5. The molecule has 6 heteroatoms. The average molecular weight is 352 g/mol. The zero-order valence-corrected chi connectivity index (χ0v) is 13.5. The Balaban J connectivity index is 1.73. The zero-order chi connectivity index (χ0) is 18.5. The molecule has 2 amide bonds. The lowest BCUT2D eigenvalue weighted by Gasteiger charge is -2.09. The Bertz CT molecular complexity index is 959. The van der Waals surface area contributed by atoms with Crippen LogP contribution in [-0.2, 0) is 0 Å². The van der Waals surface area contributed by atoms with Crippen molar-refractivity contribution < 1.29 is 18.4 Å². The molecule has 2 N–H and O–H groups in total. The maximum atomic E-state index is 13.2. The first kappa shape index (κ1) is 17.3. The summed E-state index contributed by atoms with van der Waals surface area (Å²) in [6.45, 7) is 0. The molecule has 0 aromatic heterocycles. The quantitative estimate of drug-likeness (QED) is 0.728. The minimum Gasteiger partial charge on any atom is -0.322 e. The largest absolute Gasteiger partial charge is 0.322 e. The van der Waals surface area contributed by atoms with Crippen molar-refractivity contribution in [3.05, 3.63) is 95.6 Å². The molecule has 0 heterocycles. The summed E-state index contributed by atoms with van der Waals surface area (Å²) in [5, 5.41) is 5.19. The highest BCUT2D eigenvalue weighted by Crippen LogP contribution is 2.17. The smallest absolute Gasteiger partial charge is 0.255 e. The predicted molar refractivity (Wildman–Crippen MR) is 95.1 cm³/mol. The molecule has 0 aliphatic carbocycles. The van der Waals surface area contributed by atoms with Gasteiger partial charge in [0.05, 0.1) is 0 Å². The van der Waals surface area contributed by atoms with Gasteiger partial charge in [0.15, 0.2) is 11.6 Å². The van der Waals surface area contributed by atoms with E-state index in [-0.39, 0.29) is 17.2 Å². The van der Waals surface area contributed by atoms with Crippen molar-refractivity contribution >= 4 is 23.2 Å². The highest BCUT2D eigenvalue weighted by atomic mass is 19.2. The number of rotatable bonds is 4. The van der Waals surface area contributed by atoms with E-state index in [0.717, 1.165) is 12.1 Å². The second-order valence-corrected chi connectivity index (χ2v) is 5.48. The van der Waals surface area contributed by atoms with Crippen LogP contribution in [0.1, 0.15) is 20.7 Å². The Morgan fingerprint density at radius 1 is 0.615 bits per heavy atom. The topological polar surface area (TPSA) is 58.2 Å². The third kappa shape index (κ3) is 4.10. The lowest BCUT2D eigenvalue weighted by atomic mass is 10.1. The molecule has 0 fully saturated rings. The molecule has 0 aliphatic heterocycles. The first-order chi connectivity index (χ1) is 12.5. The van der Waals surface area contributed by atoms with Gasteiger partial charge in [-0.2, -0.15) is 0 Å². The predicted octanol–water partition coefficient (Wildman–Crippen LogP) is 4.47. The van der Waals surface area contributed by atoms with Crippen LogP contribution < -0.4 is 10.6 Å². The average Bonchev–Trinajstić information content (AvgIpc) is 2.65. The van der Waals surface area contributed by atoms with Gasteiger partial charge in [-0.1, -0.05) is 24.3 Å². The standard InChI is InChI=1S/C20H14F2N2O2/c21-17-10-9-16(12-18(17)22)24-20(26)14-7-4-8-15(11-14)23-19(25)13-5-2-1-3-6-13/h1-12H,(H,23,25)(H,24,26). The van der Waals surface area contributed by atoms with E-state index in [4.69, 9.17) is 0 Å². The number of anilines is 2. The van der Waals surface area contributed by atoms with Crippen molar-refractivity contribution in [2.75, 3.05) is 10.6 Å². The molecule has 0 bridgehead atoms. The maximum Gasteiger partial charge on any atom is 0.255 e. The van der Waals surface area contributed by atoms with Crippen molar-refractivity contribution in [1.82, 2.24) is 0 Å². The van der Waals surface area contributed by atoms with Crippen molar-refractivity contribution in [3.8, 4) is 0 Å². The fourth-order valence-electron chi connectivity index (χ4n) is 2.31. The molecule has 0 radical (unpaired) electrons. The normalized spacial score (nSPS) is 10.2. The van der Waals surface area contributed by atoms with Gasteiger partial charge < -0.3 is 10.6 Å². The van der Waals surface area contributed by atoms with E-state index in [1.54, 1.807) is 48.5 Å². The number of nitrogens with one attached hydrogen (secondary N) is 2. The van der Waals surface area contributed by atoms with Crippen LogP contribution in [0.25, 0.3) is 0 Å². The lowest BCUT2D eigenvalue weighted by Crippen LogP contribution is -2.14. The van der Waals surface area contributed by atoms with Gasteiger partial charge in [-0.15, -0.1) is 0 Å². The molecule has 0 spiro atoms. The summed E-state index contributed by atoms with van der Waals surface area (Å²) in [6, 6.07) is 18.1. The van der Waals surface area contributed by atoms with E-state index in [2.05, 4.69) is 10.6 Å². The monoisotopic (exact) mass is 352 g/mol. The van der Waals surface area contributed by atoms with Crippen LogP contribution in [0.3, 0.4) is 0 Å².